The molecule has 0 spiro atoms. The summed E-state index contributed by atoms with van der Waals surface area (Å²) >= 11 is 2.97. The van der Waals surface area contributed by atoms with E-state index in [1.165, 1.54) is 11.8 Å². The van der Waals surface area contributed by atoms with Crippen LogP contribution in [-0.4, -0.2) is 22.0 Å². The number of carbonyl (C=O) groups excluding carboxylic acids is 1. The average molecular weight is 374 g/mol. The summed E-state index contributed by atoms with van der Waals surface area (Å²) in [7, 11) is 0. The topological polar surface area (TPSA) is 74.8 Å². The number of thiophene rings is 1. The molecule has 4 rings (SSSR count). The van der Waals surface area contributed by atoms with Crippen LogP contribution in [0.4, 0.5) is 5.82 Å². The number of allylic oxidation sites excluding steroid dienone is 2. The van der Waals surface area contributed by atoms with Crippen molar-refractivity contribution in [2.24, 2.45) is 5.41 Å². The average Bonchev–Trinajstić information content (AvgIpc) is 3.05. The lowest BCUT2D eigenvalue weighted by Crippen LogP contribution is -2.36. The van der Waals surface area contributed by atoms with E-state index in [0.29, 0.717) is 23.0 Å². The Morgan fingerprint density at radius 3 is 2.80 bits per heavy atom. The predicted octanol–water partition coefficient (Wildman–Crippen LogP) is 3.75. The molecule has 25 heavy (non-hydrogen) atoms. The molecule has 0 fully saturated rings. The van der Waals surface area contributed by atoms with Crippen molar-refractivity contribution in [2.45, 2.75) is 37.8 Å². The number of nitrogens with one attached hydrogen (secondary N) is 2. The van der Waals surface area contributed by atoms with Crippen molar-refractivity contribution in [3.05, 3.63) is 49.6 Å². The molecular weight excluding hydrogens is 354 g/mol. The van der Waals surface area contributed by atoms with Gasteiger partial charge in [-0.1, -0.05) is 31.7 Å². The number of rotatable bonds is 2. The molecule has 0 amide bonds. The summed E-state index contributed by atoms with van der Waals surface area (Å²) < 4.78 is 0. The van der Waals surface area contributed by atoms with Crippen LogP contribution in [0.3, 0.4) is 0 Å². The van der Waals surface area contributed by atoms with Crippen molar-refractivity contribution in [1.82, 2.24) is 9.97 Å². The Balaban J connectivity index is 1.97. The molecule has 0 saturated heterocycles. The van der Waals surface area contributed by atoms with Gasteiger partial charge in [-0.3, -0.25) is 9.59 Å². The van der Waals surface area contributed by atoms with E-state index >= 15 is 0 Å². The van der Waals surface area contributed by atoms with E-state index in [-0.39, 0.29) is 22.7 Å². The van der Waals surface area contributed by atoms with E-state index in [0.717, 1.165) is 22.6 Å². The molecule has 3 heterocycles. The van der Waals surface area contributed by atoms with Crippen LogP contribution in [0.1, 0.15) is 43.0 Å². The zero-order chi connectivity index (χ0) is 17.8. The first-order valence-electron chi connectivity index (χ1n) is 8.14. The van der Waals surface area contributed by atoms with E-state index < -0.39 is 0 Å². The summed E-state index contributed by atoms with van der Waals surface area (Å²) in [4.78, 5) is 34.2. The number of carbonyl (C=O) groups is 1. The molecule has 2 aliphatic rings. The maximum atomic E-state index is 13.0. The van der Waals surface area contributed by atoms with Crippen molar-refractivity contribution < 1.29 is 4.79 Å². The molecule has 2 aromatic heterocycles. The molecular formula is C18H19N3O2S2. The number of thioether (sulfide) groups is 1. The molecule has 0 unspecified atom stereocenters. The van der Waals surface area contributed by atoms with Gasteiger partial charge in [-0.05, 0) is 29.5 Å². The molecule has 0 radical (unpaired) electrons. The lowest BCUT2D eigenvalue weighted by atomic mass is 9.70. The van der Waals surface area contributed by atoms with Gasteiger partial charge in [0.05, 0.1) is 11.5 Å². The molecule has 1 aliphatic carbocycles. The minimum absolute atomic E-state index is 0.0933. The molecule has 0 bridgehead atoms. The number of aromatic nitrogens is 2. The molecule has 2 aromatic rings. The third-order valence-electron chi connectivity index (χ3n) is 4.72. The van der Waals surface area contributed by atoms with Crippen molar-refractivity contribution in [3.63, 3.8) is 0 Å². The SMILES string of the molecule is CSc1nc2c(c(=O)[nH]1)[C@@H](c1cccs1)C1=C(CC(C)(C)CC1=O)N2. The van der Waals surface area contributed by atoms with Crippen LogP contribution in [0.25, 0.3) is 0 Å². The number of Topliss-reactive ketones (excluding diaryl/α,β-unsaturated/α-hetero) is 1. The number of aromatic amines is 1. The van der Waals surface area contributed by atoms with Gasteiger partial charge in [0.25, 0.3) is 5.56 Å². The molecule has 2 N–H and O–H groups in total. The monoisotopic (exact) mass is 373 g/mol. The Bertz CT molecular complexity index is 942. The summed E-state index contributed by atoms with van der Waals surface area (Å²) in [6.07, 6.45) is 3.15. The fourth-order valence-corrected chi connectivity index (χ4v) is 4.95. The lowest BCUT2D eigenvalue weighted by Gasteiger charge is -2.38. The van der Waals surface area contributed by atoms with E-state index in [9.17, 15) is 9.59 Å². The predicted molar refractivity (Wildman–Crippen MR) is 101 cm³/mol. The standard InChI is InChI=1S/C18H19N3O2S2/c1-18(2)7-9-12(10(22)8-18)13(11-5-4-6-25-11)14-15(19-9)20-17(24-3)21-16(14)23/h4-6,13H,7-8H2,1-3H3,(H2,19,20,21,23)/t13-/m0/s1. The van der Waals surface area contributed by atoms with Gasteiger partial charge in [0.1, 0.15) is 5.82 Å². The molecule has 1 aliphatic heterocycles. The van der Waals surface area contributed by atoms with Gasteiger partial charge in [0, 0.05) is 22.6 Å². The smallest absolute Gasteiger partial charge is 0.257 e. The fraction of sp³-hybridized carbons (Fsp3) is 0.389. The molecule has 0 aromatic carbocycles. The zero-order valence-corrected chi connectivity index (χ0v) is 15.9. The van der Waals surface area contributed by atoms with E-state index in [1.54, 1.807) is 11.3 Å². The van der Waals surface area contributed by atoms with E-state index in [2.05, 4.69) is 29.1 Å². The number of anilines is 1. The van der Waals surface area contributed by atoms with Gasteiger partial charge in [-0.15, -0.1) is 11.3 Å². The van der Waals surface area contributed by atoms with Crippen LogP contribution >= 0.6 is 23.1 Å². The first-order chi connectivity index (χ1) is 11.9. The fourth-order valence-electron chi connectivity index (χ4n) is 3.73. The third-order valence-corrected chi connectivity index (χ3v) is 6.24. The summed E-state index contributed by atoms with van der Waals surface area (Å²) in [5, 5.41) is 5.87. The third kappa shape index (κ3) is 2.75. The highest BCUT2D eigenvalue weighted by Crippen LogP contribution is 2.48. The maximum Gasteiger partial charge on any atom is 0.257 e. The Kier molecular flexibility index (Phi) is 3.88. The molecule has 130 valence electrons. The Morgan fingerprint density at radius 1 is 1.32 bits per heavy atom. The van der Waals surface area contributed by atoms with Crippen molar-refractivity contribution in [1.29, 1.82) is 0 Å². The van der Waals surface area contributed by atoms with Crippen LogP contribution in [0.5, 0.6) is 0 Å². The largest absolute Gasteiger partial charge is 0.343 e. The number of hydrogen-bond donors (Lipinski definition) is 2. The summed E-state index contributed by atoms with van der Waals surface area (Å²) in [5.74, 6) is 0.369. The van der Waals surface area contributed by atoms with Crippen LogP contribution in [0, 0.1) is 5.41 Å². The van der Waals surface area contributed by atoms with Gasteiger partial charge in [-0.2, -0.15) is 0 Å². The highest BCUT2D eigenvalue weighted by atomic mass is 32.2. The number of nitrogens with zero attached hydrogens (tertiary/aromatic N) is 1. The highest BCUT2D eigenvalue weighted by Gasteiger charge is 2.42. The van der Waals surface area contributed by atoms with Crippen molar-refractivity contribution >= 4 is 34.7 Å². The van der Waals surface area contributed by atoms with Gasteiger partial charge in [-0.25, -0.2) is 4.98 Å². The van der Waals surface area contributed by atoms with Crippen molar-refractivity contribution in [3.8, 4) is 0 Å². The lowest BCUT2D eigenvalue weighted by molar-refractivity contribution is -0.118. The van der Waals surface area contributed by atoms with E-state index in [1.807, 2.05) is 23.8 Å². The zero-order valence-electron chi connectivity index (χ0n) is 14.3. The highest BCUT2D eigenvalue weighted by molar-refractivity contribution is 7.98. The molecule has 0 saturated carbocycles. The van der Waals surface area contributed by atoms with Crippen LogP contribution in [0.2, 0.25) is 0 Å². The Labute approximate surface area is 154 Å². The second-order valence-corrected chi connectivity index (χ2v) is 9.02. The number of ketones is 1. The minimum Gasteiger partial charge on any atom is -0.343 e. The number of hydrogen-bond acceptors (Lipinski definition) is 6. The minimum atomic E-state index is -0.331. The number of fused-ring (bicyclic) bond motifs is 1. The van der Waals surface area contributed by atoms with Gasteiger partial charge >= 0.3 is 0 Å². The molecule has 5 nitrogen and oxygen atoms in total. The summed E-state index contributed by atoms with van der Waals surface area (Å²) in [5.41, 5.74) is 1.93. The van der Waals surface area contributed by atoms with Gasteiger partial charge < -0.3 is 10.3 Å². The first-order valence-corrected chi connectivity index (χ1v) is 10.2. The summed E-state index contributed by atoms with van der Waals surface area (Å²) in [6, 6.07) is 3.95. The number of H-pyrrole nitrogens is 1. The van der Waals surface area contributed by atoms with Crippen LogP contribution in [-0.2, 0) is 4.79 Å². The van der Waals surface area contributed by atoms with Gasteiger partial charge in [0.2, 0.25) is 0 Å². The second kappa shape index (κ2) is 5.85. The normalized spacial score (nSPS) is 21.6. The van der Waals surface area contributed by atoms with E-state index in [4.69, 9.17) is 0 Å². The maximum absolute atomic E-state index is 13.0. The van der Waals surface area contributed by atoms with Crippen LogP contribution in [0.15, 0.2) is 38.7 Å². The molecule has 1 atom stereocenters. The summed E-state index contributed by atoms with van der Waals surface area (Å²) in [6.45, 7) is 4.20. The Morgan fingerprint density at radius 2 is 2.12 bits per heavy atom. The van der Waals surface area contributed by atoms with Gasteiger partial charge in [0.15, 0.2) is 10.9 Å². The molecule has 7 heteroatoms. The van der Waals surface area contributed by atoms with Crippen LogP contribution < -0.4 is 10.9 Å². The van der Waals surface area contributed by atoms with Crippen molar-refractivity contribution in [2.75, 3.05) is 11.6 Å². The Hall–Kier alpha value is -1.86. The quantitative estimate of drug-likeness (QED) is 0.619. The first kappa shape index (κ1) is 16.6. The second-order valence-electron chi connectivity index (χ2n) is 7.24.